The van der Waals surface area contributed by atoms with Crippen molar-refractivity contribution in [1.82, 2.24) is 14.8 Å². The number of carbonyl (C=O) groups is 1. The summed E-state index contributed by atoms with van der Waals surface area (Å²) in [5.74, 6) is -2.49. The lowest BCUT2D eigenvalue weighted by atomic mass is 10.2. The van der Waals surface area contributed by atoms with Crippen molar-refractivity contribution in [2.24, 2.45) is 0 Å². The fourth-order valence-corrected chi connectivity index (χ4v) is 3.29. The van der Waals surface area contributed by atoms with Crippen molar-refractivity contribution < 1.29 is 27.1 Å². The van der Waals surface area contributed by atoms with Gasteiger partial charge in [0.25, 0.3) is 5.91 Å². The number of aryl methyl sites for hydroxylation is 1. The van der Waals surface area contributed by atoms with Crippen molar-refractivity contribution in [3.8, 4) is 17.2 Å². The van der Waals surface area contributed by atoms with Crippen molar-refractivity contribution in [2.75, 3.05) is 18.2 Å². The highest BCUT2D eigenvalue weighted by atomic mass is 19.4. The number of benzene rings is 2. The summed E-state index contributed by atoms with van der Waals surface area (Å²) in [6.45, 7) is 2.42. The Bertz CT molecular complexity index is 1300. The zero-order valence-electron chi connectivity index (χ0n) is 17.0. The molecule has 1 amide bonds. The molecule has 32 heavy (non-hydrogen) atoms. The zero-order valence-corrected chi connectivity index (χ0v) is 17.0. The van der Waals surface area contributed by atoms with E-state index in [9.17, 15) is 18.0 Å². The highest BCUT2D eigenvalue weighted by molar-refractivity contribution is 6.06. The van der Waals surface area contributed by atoms with Crippen LogP contribution in [0.25, 0.3) is 22.4 Å². The van der Waals surface area contributed by atoms with Crippen LogP contribution >= 0.6 is 0 Å². The summed E-state index contributed by atoms with van der Waals surface area (Å²) in [7, 11) is 1.37. The molecule has 8 nitrogen and oxygen atoms in total. The quantitative estimate of drug-likeness (QED) is 0.466. The number of hydrogen-bond donors (Lipinski definition) is 2. The largest absolute Gasteiger partial charge is 0.494 e. The van der Waals surface area contributed by atoms with Crippen LogP contribution in [0.15, 0.2) is 46.9 Å². The maximum atomic E-state index is 13.6. The second-order valence-electron chi connectivity index (χ2n) is 6.79. The molecule has 0 saturated carbocycles. The number of amides is 1. The van der Waals surface area contributed by atoms with Crippen LogP contribution in [0.4, 0.5) is 24.7 Å². The molecule has 2 heterocycles. The minimum absolute atomic E-state index is 0.115. The lowest BCUT2D eigenvalue weighted by molar-refractivity contribution is -0.153. The first-order valence-corrected chi connectivity index (χ1v) is 9.51. The number of alkyl halides is 3. The fourth-order valence-electron chi connectivity index (χ4n) is 3.29. The molecule has 4 aromatic rings. The van der Waals surface area contributed by atoms with E-state index in [0.29, 0.717) is 23.0 Å². The smallest absolute Gasteiger partial charge is 0.452 e. The first-order valence-electron chi connectivity index (χ1n) is 9.51. The van der Waals surface area contributed by atoms with E-state index in [1.54, 1.807) is 28.9 Å². The molecule has 0 radical (unpaired) electrons. The molecule has 3 N–H and O–H groups in total. The number of nitrogens with zero attached hydrogens (tertiary/aromatic N) is 3. The number of aromatic nitrogens is 3. The molecule has 2 aromatic heterocycles. The van der Waals surface area contributed by atoms with Crippen LogP contribution in [0.1, 0.15) is 23.2 Å². The third kappa shape index (κ3) is 3.72. The van der Waals surface area contributed by atoms with Gasteiger partial charge in [-0.25, -0.2) is 4.98 Å². The number of halogens is 3. The zero-order chi connectivity index (χ0) is 23.0. The monoisotopic (exact) mass is 445 g/mol. The Hall–Kier alpha value is -4.02. The van der Waals surface area contributed by atoms with Gasteiger partial charge in [-0.2, -0.15) is 18.3 Å². The highest BCUT2D eigenvalue weighted by Gasteiger charge is 2.42. The van der Waals surface area contributed by atoms with Gasteiger partial charge >= 0.3 is 6.18 Å². The van der Waals surface area contributed by atoms with Gasteiger partial charge in [0.2, 0.25) is 11.7 Å². The van der Waals surface area contributed by atoms with Gasteiger partial charge in [-0.1, -0.05) is 18.2 Å². The SMILES string of the molecule is CCn1nc(N)c2cc(NC(=O)c3nc(-c4ccccc4)oc3C(F)(F)F)c(OC)cc21. The van der Waals surface area contributed by atoms with E-state index >= 15 is 0 Å². The second-order valence-corrected chi connectivity index (χ2v) is 6.79. The van der Waals surface area contributed by atoms with Crippen LogP contribution in [-0.2, 0) is 12.7 Å². The minimum Gasteiger partial charge on any atom is -0.494 e. The first-order chi connectivity index (χ1) is 15.2. The summed E-state index contributed by atoms with van der Waals surface area (Å²) in [5, 5.41) is 7.14. The third-order valence-corrected chi connectivity index (χ3v) is 4.77. The molecular weight excluding hydrogens is 427 g/mol. The number of ether oxygens (including phenoxy) is 1. The van der Waals surface area contributed by atoms with Gasteiger partial charge in [0.1, 0.15) is 5.75 Å². The van der Waals surface area contributed by atoms with Crippen molar-refractivity contribution >= 4 is 28.3 Å². The molecule has 0 spiro atoms. The number of nitrogen functional groups attached to an aromatic ring is 1. The Morgan fingerprint density at radius 3 is 2.59 bits per heavy atom. The van der Waals surface area contributed by atoms with E-state index in [0.717, 1.165) is 0 Å². The van der Waals surface area contributed by atoms with Crippen LogP contribution in [0.3, 0.4) is 0 Å². The molecule has 11 heteroatoms. The third-order valence-electron chi connectivity index (χ3n) is 4.77. The van der Waals surface area contributed by atoms with Gasteiger partial charge < -0.3 is 20.2 Å². The number of anilines is 2. The molecule has 0 aliphatic rings. The van der Waals surface area contributed by atoms with Crippen molar-refractivity contribution in [1.29, 1.82) is 0 Å². The van der Waals surface area contributed by atoms with E-state index < -0.39 is 23.5 Å². The van der Waals surface area contributed by atoms with Gasteiger partial charge in [-0.15, -0.1) is 0 Å². The van der Waals surface area contributed by atoms with Crippen LogP contribution in [0.2, 0.25) is 0 Å². The number of nitrogens with one attached hydrogen (secondary N) is 1. The lowest BCUT2D eigenvalue weighted by Gasteiger charge is -2.11. The molecule has 0 atom stereocenters. The molecule has 0 unspecified atom stereocenters. The molecule has 166 valence electrons. The maximum Gasteiger partial charge on any atom is 0.452 e. The van der Waals surface area contributed by atoms with Crippen molar-refractivity contribution in [2.45, 2.75) is 19.6 Å². The first kappa shape index (κ1) is 21.2. The summed E-state index contributed by atoms with van der Waals surface area (Å²) in [5.41, 5.74) is 6.12. The number of fused-ring (bicyclic) bond motifs is 1. The van der Waals surface area contributed by atoms with E-state index in [2.05, 4.69) is 15.4 Å². The molecule has 0 bridgehead atoms. The lowest BCUT2D eigenvalue weighted by Crippen LogP contribution is -2.18. The minimum atomic E-state index is -4.92. The van der Waals surface area contributed by atoms with Crippen molar-refractivity contribution in [3.05, 3.63) is 53.9 Å². The number of methoxy groups -OCH3 is 1. The number of rotatable bonds is 5. The Kier molecular flexibility index (Phi) is 5.25. The van der Waals surface area contributed by atoms with Gasteiger partial charge in [0.05, 0.1) is 18.3 Å². The molecule has 0 aliphatic carbocycles. The Morgan fingerprint density at radius 1 is 1.25 bits per heavy atom. The van der Waals surface area contributed by atoms with Crippen LogP contribution in [0, 0.1) is 0 Å². The van der Waals surface area contributed by atoms with Gasteiger partial charge in [0, 0.05) is 23.6 Å². The summed E-state index contributed by atoms with van der Waals surface area (Å²) < 4.78 is 52.6. The number of oxazole rings is 1. The molecule has 0 aliphatic heterocycles. The predicted molar refractivity (Wildman–Crippen MR) is 111 cm³/mol. The van der Waals surface area contributed by atoms with Crippen LogP contribution < -0.4 is 15.8 Å². The summed E-state index contributed by atoms with van der Waals surface area (Å²) in [6, 6.07) is 11.1. The van der Waals surface area contributed by atoms with Crippen LogP contribution in [0.5, 0.6) is 5.75 Å². The Labute approximate surface area is 179 Å². The topological polar surface area (TPSA) is 108 Å². The maximum absolute atomic E-state index is 13.6. The van der Waals surface area contributed by atoms with E-state index in [1.807, 2.05) is 6.92 Å². The van der Waals surface area contributed by atoms with E-state index in [-0.39, 0.29) is 23.1 Å². The van der Waals surface area contributed by atoms with Gasteiger partial charge in [-0.05, 0) is 25.1 Å². The molecule has 4 rings (SSSR count). The van der Waals surface area contributed by atoms with Gasteiger partial charge in [-0.3, -0.25) is 9.48 Å². The Balaban J connectivity index is 1.76. The standard InChI is InChI=1S/C21H18F3N5O3/c1-3-29-14-10-15(31-2)13(9-12(14)18(25)28-29)26-19(30)16-17(21(22,23)24)32-20(27-16)11-7-5-4-6-8-11/h4-10H,3H2,1-2H3,(H2,25,28)(H,26,30). The summed E-state index contributed by atoms with van der Waals surface area (Å²) >= 11 is 0. The van der Waals surface area contributed by atoms with E-state index in [1.165, 1.54) is 25.3 Å². The highest BCUT2D eigenvalue weighted by Crippen LogP contribution is 2.37. The molecule has 0 saturated heterocycles. The van der Waals surface area contributed by atoms with Gasteiger partial charge in [0.15, 0.2) is 11.5 Å². The van der Waals surface area contributed by atoms with E-state index in [4.69, 9.17) is 14.9 Å². The predicted octanol–water partition coefficient (Wildman–Crippen LogP) is 4.57. The molecule has 0 fully saturated rings. The molecule has 2 aromatic carbocycles. The van der Waals surface area contributed by atoms with Crippen LogP contribution in [-0.4, -0.2) is 27.8 Å². The number of hydrogen-bond acceptors (Lipinski definition) is 6. The second kappa shape index (κ2) is 7.91. The average Bonchev–Trinajstić information content (AvgIpc) is 3.36. The normalized spacial score (nSPS) is 11.7. The fraction of sp³-hybridized carbons (Fsp3) is 0.190. The summed E-state index contributed by atoms with van der Waals surface area (Å²) in [4.78, 5) is 16.7. The number of carbonyl (C=O) groups excluding carboxylic acids is 1. The van der Waals surface area contributed by atoms with Crippen molar-refractivity contribution in [3.63, 3.8) is 0 Å². The number of nitrogens with two attached hydrogens (primary N) is 1. The Morgan fingerprint density at radius 2 is 1.97 bits per heavy atom. The summed E-state index contributed by atoms with van der Waals surface area (Å²) in [6.07, 6.45) is -4.92. The molecular formula is C21H18F3N5O3. The average molecular weight is 445 g/mol.